The van der Waals surface area contributed by atoms with Crippen LogP contribution in [0.25, 0.3) is 0 Å². The second kappa shape index (κ2) is 16.3. The molecular formula is C32H36Cl2F3N3O4S. The zero-order valence-electron chi connectivity index (χ0n) is 25.0. The molecule has 13 heteroatoms. The van der Waals surface area contributed by atoms with Gasteiger partial charge >= 0.3 is 6.18 Å². The van der Waals surface area contributed by atoms with Gasteiger partial charge in [-0.3, -0.25) is 13.9 Å². The van der Waals surface area contributed by atoms with Crippen molar-refractivity contribution < 1.29 is 31.2 Å². The van der Waals surface area contributed by atoms with Gasteiger partial charge in [-0.25, -0.2) is 8.42 Å². The van der Waals surface area contributed by atoms with Crippen LogP contribution in [0.15, 0.2) is 72.8 Å². The van der Waals surface area contributed by atoms with E-state index in [0.717, 1.165) is 47.2 Å². The van der Waals surface area contributed by atoms with E-state index in [4.69, 9.17) is 23.2 Å². The van der Waals surface area contributed by atoms with Crippen LogP contribution in [0, 0.1) is 0 Å². The number of hydrogen-bond acceptors (Lipinski definition) is 4. The lowest BCUT2D eigenvalue weighted by atomic mass is 10.0. The number of anilines is 1. The predicted molar refractivity (Wildman–Crippen MR) is 172 cm³/mol. The van der Waals surface area contributed by atoms with Crippen molar-refractivity contribution in [2.75, 3.05) is 23.7 Å². The van der Waals surface area contributed by atoms with E-state index in [2.05, 4.69) is 5.32 Å². The average Bonchev–Trinajstić information content (AvgIpc) is 2.98. The fraction of sp³-hybridized carbons (Fsp3) is 0.375. The molecule has 1 N–H and O–H groups in total. The highest BCUT2D eigenvalue weighted by atomic mass is 35.5. The maximum atomic E-state index is 13.9. The van der Waals surface area contributed by atoms with Crippen molar-refractivity contribution in [2.45, 2.75) is 57.8 Å². The Bertz CT molecular complexity index is 1560. The van der Waals surface area contributed by atoms with Gasteiger partial charge in [0.05, 0.1) is 27.6 Å². The van der Waals surface area contributed by atoms with Gasteiger partial charge in [-0.1, -0.05) is 79.0 Å². The number of rotatable bonds is 15. The summed E-state index contributed by atoms with van der Waals surface area (Å²) in [5.41, 5.74) is 0.298. The van der Waals surface area contributed by atoms with E-state index in [1.165, 1.54) is 11.0 Å². The number of nitrogens with zero attached hydrogens (tertiary/aromatic N) is 2. The Labute approximate surface area is 272 Å². The molecule has 0 aliphatic carbocycles. The quantitative estimate of drug-likeness (QED) is 0.173. The van der Waals surface area contributed by atoms with Crippen molar-refractivity contribution in [2.24, 2.45) is 0 Å². The fourth-order valence-corrected chi connectivity index (χ4v) is 6.01. The first-order valence-corrected chi connectivity index (χ1v) is 17.0. The van der Waals surface area contributed by atoms with Gasteiger partial charge in [0.1, 0.15) is 6.04 Å². The lowest BCUT2D eigenvalue weighted by molar-refractivity contribution is -0.141. The highest BCUT2D eigenvalue weighted by Gasteiger charge is 2.33. The van der Waals surface area contributed by atoms with E-state index in [-0.39, 0.29) is 49.0 Å². The number of nitrogens with one attached hydrogen (secondary N) is 1. The number of sulfonamides is 1. The molecule has 0 aromatic heterocycles. The summed E-state index contributed by atoms with van der Waals surface area (Å²) in [6.45, 7) is 2.18. The molecule has 3 aromatic rings. The Kier molecular flexibility index (Phi) is 13.1. The van der Waals surface area contributed by atoms with Crippen LogP contribution < -0.4 is 9.62 Å². The van der Waals surface area contributed by atoms with E-state index in [1.807, 2.05) is 37.3 Å². The molecule has 1 unspecified atom stereocenters. The number of benzene rings is 3. The summed E-state index contributed by atoms with van der Waals surface area (Å²) in [6.07, 6.45) is -2.14. The molecule has 2 amide bonds. The number of alkyl halides is 3. The van der Waals surface area contributed by atoms with Crippen molar-refractivity contribution in [3.63, 3.8) is 0 Å². The molecule has 244 valence electrons. The van der Waals surface area contributed by atoms with Gasteiger partial charge in [0, 0.05) is 32.5 Å². The summed E-state index contributed by atoms with van der Waals surface area (Å²) in [4.78, 5) is 28.9. The average molecular weight is 687 g/mol. The zero-order chi connectivity index (χ0) is 33.2. The van der Waals surface area contributed by atoms with Gasteiger partial charge in [-0.05, 0) is 54.3 Å². The molecule has 3 rings (SSSR count). The van der Waals surface area contributed by atoms with E-state index in [9.17, 15) is 31.2 Å². The molecule has 0 saturated carbocycles. The Morgan fingerprint density at radius 2 is 1.62 bits per heavy atom. The lowest BCUT2D eigenvalue weighted by Crippen LogP contribution is -2.50. The molecule has 0 bridgehead atoms. The van der Waals surface area contributed by atoms with Crippen LogP contribution in [-0.4, -0.2) is 50.5 Å². The summed E-state index contributed by atoms with van der Waals surface area (Å²) in [5.74, 6) is -0.785. The first-order chi connectivity index (χ1) is 21.2. The van der Waals surface area contributed by atoms with E-state index in [1.54, 1.807) is 18.2 Å². The van der Waals surface area contributed by atoms with Gasteiger partial charge < -0.3 is 10.2 Å². The Morgan fingerprint density at radius 3 is 2.24 bits per heavy atom. The largest absolute Gasteiger partial charge is 0.416 e. The number of hydrogen-bond donors (Lipinski definition) is 1. The summed E-state index contributed by atoms with van der Waals surface area (Å²) in [5, 5.41) is 3.52. The molecule has 1 atom stereocenters. The molecule has 3 aromatic carbocycles. The normalized spacial score (nSPS) is 12.4. The second-order valence-electron chi connectivity index (χ2n) is 10.6. The van der Waals surface area contributed by atoms with Crippen LogP contribution in [0.1, 0.15) is 49.3 Å². The van der Waals surface area contributed by atoms with Gasteiger partial charge in [-0.15, -0.1) is 0 Å². The van der Waals surface area contributed by atoms with Crippen molar-refractivity contribution in [1.29, 1.82) is 0 Å². The van der Waals surface area contributed by atoms with E-state index >= 15 is 0 Å². The molecular weight excluding hydrogens is 650 g/mol. The minimum Gasteiger partial charge on any atom is -0.354 e. The topological polar surface area (TPSA) is 86.8 Å². The smallest absolute Gasteiger partial charge is 0.354 e. The van der Waals surface area contributed by atoms with Crippen LogP contribution in [0.2, 0.25) is 10.0 Å². The molecule has 0 saturated heterocycles. The third-order valence-electron chi connectivity index (χ3n) is 7.05. The lowest BCUT2D eigenvalue weighted by Gasteiger charge is -2.32. The van der Waals surface area contributed by atoms with Crippen molar-refractivity contribution in [1.82, 2.24) is 10.2 Å². The van der Waals surface area contributed by atoms with Crippen LogP contribution >= 0.6 is 23.2 Å². The number of carbonyl (C=O) groups is 2. The first-order valence-electron chi connectivity index (χ1n) is 14.4. The monoisotopic (exact) mass is 685 g/mol. The molecule has 0 fully saturated rings. The standard InChI is InChI=1S/C32H36Cl2F3N3O4S/c1-3-4-17-38-31(42)29(20-23-10-6-5-7-11-23)39(22-24-15-16-27(33)28(34)19-24)30(41)14-9-18-40(45(2,43)44)26-13-8-12-25(21-26)32(35,36)37/h5-8,10-13,15-16,19,21,29H,3-4,9,14,17-18,20,22H2,1-2H3,(H,38,42). The maximum absolute atomic E-state index is 13.9. The molecule has 0 radical (unpaired) electrons. The Morgan fingerprint density at radius 1 is 0.911 bits per heavy atom. The van der Waals surface area contributed by atoms with Gasteiger partial charge in [-0.2, -0.15) is 13.2 Å². The van der Waals surface area contributed by atoms with E-state index < -0.39 is 33.7 Å². The van der Waals surface area contributed by atoms with Crippen molar-refractivity contribution in [3.8, 4) is 0 Å². The summed E-state index contributed by atoms with van der Waals surface area (Å²) >= 11 is 12.3. The minimum atomic E-state index is -4.66. The SMILES string of the molecule is CCCCNC(=O)C(Cc1ccccc1)N(Cc1ccc(Cl)c(Cl)c1)C(=O)CCCN(c1cccc(C(F)(F)F)c1)S(C)(=O)=O. The number of unbranched alkanes of at least 4 members (excludes halogenated alkanes) is 1. The first kappa shape index (κ1) is 36.2. The van der Waals surface area contributed by atoms with E-state index in [0.29, 0.717) is 17.1 Å². The fourth-order valence-electron chi connectivity index (χ4n) is 4.74. The third-order valence-corrected chi connectivity index (χ3v) is 8.98. The van der Waals surface area contributed by atoms with Gasteiger partial charge in [0.15, 0.2) is 0 Å². The molecule has 0 aliphatic heterocycles. The molecule has 45 heavy (non-hydrogen) atoms. The molecule has 0 aliphatic rings. The Hall–Kier alpha value is -3.28. The van der Waals surface area contributed by atoms with Crippen LogP contribution in [0.3, 0.4) is 0 Å². The Balaban J connectivity index is 1.91. The minimum absolute atomic E-state index is 0.0117. The predicted octanol–water partition coefficient (Wildman–Crippen LogP) is 7.11. The maximum Gasteiger partial charge on any atom is 0.416 e. The van der Waals surface area contributed by atoms with Crippen LogP contribution in [0.4, 0.5) is 18.9 Å². The van der Waals surface area contributed by atoms with Crippen molar-refractivity contribution >= 4 is 50.7 Å². The van der Waals surface area contributed by atoms with Crippen molar-refractivity contribution in [3.05, 3.63) is 99.5 Å². The number of halogens is 5. The van der Waals surface area contributed by atoms with Gasteiger partial charge in [0.25, 0.3) is 0 Å². The highest BCUT2D eigenvalue weighted by Crippen LogP contribution is 2.32. The van der Waals surface area contributed by atoms with Crippen LogP contribution in [-0.2, 0) is 38.8 Å². The van der Waals surface area contributed by atoms with Gasteiger partial charge in [0.2, 0.25) is 21.8 Å². The third kappa shape index (κ3) is 10.9. The zero-order valence-corrected chi connectivity index (χ0v) is 27.3. The second-order valence-corrected chi connectivity index (χ2v) is 13.3. The molecule has 7 nitrogen and oxygen atoms in total. The molecule has 0 spiro atoms. The van der Waals surface area contributed by atoms with Crippen LogP contribution in [0.5, 0.6) is 0 Å². The summed E-state index contributed by atoms with van der Waals surface area (Å²) in [7, 11) is -3.99. The number of carbonyl (C=O) groups excluding carboxylic acids is 2. The number of amides is 2. The highest BCUT2D eigenvalue weighted by molar-refractivity contribution is 7.92. The summed E-state index contributed by atoms with van der Waals surface area (Å²) < 4.78 is 66.0. The summed E-state index contributed by atoms with van der Waals surface area (Å²) in [6, 6.07) is 17.2. The molecule has 0 heterocycles.